The van der Waals surface area contributed by atoms with E-state index in [4.69, 9.17) is 14.9 Å². The van der Waals surface area contributed by atoms with E-state index in [2.05, 4.69) is 22.0 Å². The molecule has 0 fully saturated rings. The molecule has 1 aromatic carbocycles. The van der Waals surface area contributed by atoms with Crippen LogP contribution < -0.4 is 16.1 Å². The van der Waals surface area contributed by atoms with Gasteiger partial charge in [0.25, 0.3) is 0 Å². The van der Waals surface area contributed by atoms with Gasteiger partial charge in [-0.05, 0) is 40.2 Å². The van der Waals surface area contributed by atoms with Crippen LogP contribution in [-0.2, 0) is 0 Å². The number of para-hydroxylation sites is 1. The fourth-order valence-electron chi connectivity index (χ4n) is 2.83. The number of ether oxygens (including phenoxy) is 1. The third-order valence-corrected chi connectivity index (χ3v) is 5.54. The first-order valence-electron chi connectivity index (χ1n) is 6.98. The first kappa shape index (κ1) is 15.0. The third-order valence-electron chi connectivity index (χ3n) is 3.85. The number of allylic oxidation sites excluding steroid dienone is 1. The molecule has 1 atom stereocenters. The van der Waals surface area contributed by atoms with Gasteiger partial charge < -0.3 is 14.9 Å². The maximum absolute atomic E-state index is 12.6. The summed E-state index contributed by atoms with van der Waals surface area (Å²) in [4.78, 5) is 13.4. The summed E-state index contributed by atoms with van der Waals surface area (Å²) in [5, 5.41) is 10.2. The lowest BCUT2D eigenvalue weighted by molar-refractivity contribution is 0.388. The fourth-order valence-corrected chi connectivity index (χ4v) is 4.38. The number of hydrogen-bond donors (Lipinski definition) is 1. The summed E-state index contributed by atoms with van der Waals surface area (Å²) < 4.78 is 12.0. The lowest BCUT2D eigenvalue weighted by Gasteiger charge is -2.24. The molecular formula is C17H9BrN2O3S. The Bertz CT molecular complexity index is 1110. The van der Waals surface area contributed by atoms with Gasteiger partial charge in [-0.3, -0.25) is 0 Å². The standard InChI is InChI=1S/C17H9BrN2O3S/c18-12-6-5-11(24-12)13-9(7-19)16(20)23-15-8-3-1-2-4-10(8)22-17(21)14(13)15/h1-6,13H,20H2. The first-order valence-corrected chi connectivity index (χ1v) is 8.59. The van der Waals surface area contributed by atoms with Gasteiger partial charge in [0.2, 0.25) is 5.88 Å². The fraction of sp³-hybridized carbons (Fsp3) is 0.0588. The maximum Gasteiger partial charge on any atom is 0.344 e. The van der Waals surface area contributed by atoms with Crippen molar-refractivity contribution in [1.29, 1.82) is 5.26 Å². The molecule has 1 aliphatic heterocycles. The van der Waals surface area contributed by atoms with E-state index >= 15 is 0 Å². The number of fused-ring (bicyclic) bond motifs is 3. The monoisotopic (exact) mass is 400 g/mol. The summed E-state index contributed by atoms with van der Waals surface area (Å²) in [6.45, 7) is 0. The Morgan fingerprint density at radius 2 is 2.04 bits per heavy atom. The van der Waals surface area contributed by atoms with E-state index in [1.165, 1.54) is 11.3 Å². The van der Waals surface area contributed by atoms with E-state index in [1.807, 2.05) is 18.2 Å². The highest BCUT2D eigenvalue weighted by molar-refractivity contribution is 9.11. The lowest BCUT2D eigenvalue weighted by Crippen LogP contribution is -2.25. The normalized spacial score (nSPS) is 16.6. The molecule has 7 heteroatoms. The number of nitrogens with zero attached hydrogens (tertiary/aromatic N) is 1. The van der Waals surface area contributed by atoms with Crippen LogP contribution in [0.4, 0.5) is 0 Å². The molecule has 5 nitrogen and oxygen atoms in total. The Labute approximate surface area is 148 Å². The van der Waals surface area contributed by atoms with Gasteiger partial charge in [0, 0.05) is 4.88 Å². The molecule has 0 spiro atoms. The molecule has 3 heterocycles. The van der Waals surface area contributed by atoms with Crippen molar-refractivity contribution in [3.63, 3.8) is 0 Å². The summed E-state index contributed by atoms with van der Waals surface area (Å²) >= 11 is 4.84. The second kappa shape index (κ2) is 5.51. The minimum Gasteiger partial charge on any atom is -0.439 e. The number of nitriles is 1. The largest absolute Gasteiger partial charge is 0.439 e. The van der Waals surface area contributed by atoms with E-state index in [0.29, 0.717) is 22.3 Å². The zero-order valence-corrected chi connectivity index (χ0v) is 14.5. The van der Waals surface area contributed by atoms with Crippen LogP contribution in [-0.4, -0.2) is 0 Å². The van der Waals surface area contributed by atoms with E-state index in [9.17, 15) is 10.1 Å². The lowest BCUT2D eigenvalue weighted by atomic mass is 9.88. The molecule has 3 aromatic rings. The molecule has 0 amide bonds. The Balaban J connectivity index is 2.10. The van der Waals surface area contributed by atoms with Gasteiger partial charge in [-0.15, -0.1) is 11.3 Å². The second-order valence-electron chi connectivity index (χ2n) is 5.20. The molecule has 0 saturated carbocycles. The van der Waals surface area contributed by atoms with E-state index in [1.54, 1.807) is 18.2 Å². The number of rotatable bonds is 1. The van der Waals surface area contributed by atoms with Gasteiger partial charge in [-0.1, -0.05) is 12.1 Å². The average Bonchev–Trinajstić information content (AvgIpc) is 3.00. The maximum atomic E-state index is 12.6. The molecule has 0 radical (unpaired) electrons. The van der Waals surface area contributed by atoms with Crippen molar-refractivity contribution in [2.24, 2.45) is 5.73 Å². The number of benzene rings is 1. The molecule has 118 valence electrons. The van der Waals surface area contributed by atoms with E-state index in [-0.39, 0.29) is 11.5 Å². The van der Waals surface area contributed by atoms with Crippen LogP contribution in [0.3, 0.4) is 0 Å². The topological polar surface area (TPSA) is 89.3 Å². The zero-order valence-electron chi connectivity index (χ0n) is 12.1. The number of thiophene rings is 1. The van der Waals surface area contributed by atoms with Gasteiger partial charge >= 0.3 is 5.63 Å². The SMILES string of the molecule is N#CC1=C(N)Oc2c(c(=O)oc3ccccc23)C1c1ccc(Br)s1. The summed E-state index contributed by atoms with van der Waals surface area (Å²) in [5.41, 5.74) is 6.37. The van der Waals surface area contributed by atoms with Gasteiger partial charge in [0.15, 0.2) is 5.75 Å². The smallest absolute Gasteiger partial charge is 0.344 e. The summed E-state index contributed by atoms with van der Waals surface area (Å²) in [6.07, 6.45) is 0. The van der Waals surface area contributed by atoms with Gasteiger partial charge in [-0.2, -0.15) is 5.26 Å². The van der Waals surface area contributed by atoms with Crippen molar-refractivity contribution in [2.45, 2.75) is 5.92 Å². The predicted molar refractivity (Wildman–Crippen MR) is 93.8 cm³/mol. The van der Waals surface area contributed by atoms with Crippen LogP contribution in [0.1, 0.15) is 16.4 Å². The van der Waals surface area contributed by atoms with Crippen molar-refractivity contribution >= 4 is 38.2 Å². The minimum atomic E-state index is -0.601. The van der Waals surface area contributed by atoms with Gasteiger partial charge in [-0.25, -0.2) is 4.79 Å². The Morgan fingerprint density at radius 1 is 1.25 bits per heavy atom. The molecule has 2 aromatic heterocycles. The van der Waals surface area contributed by atoms with Crippen molar-refractivity contribution in [3.8, 4) is 11.8 Å². The highest BCUT2D eigenvalue weighted by Crippen LogP contribution is 2.45. The number of halogens is 1. The van der Waals surface area contributed by atoms with E-state index in [0.717, 1.165) is 8.66 Å². The third kappa shape index (κ3) is 2.15. The summed E-state index contributed by atoms with van der Waals surface area (Å²) in [5.74, 6) is -0.237. The molecule has 1 aliphatic rings. The van der Waals surface area contributed by atoms with E-state index < -0.39 is 11.5 Å². The van der Waals surface area contributed by atoms with Crippen LogP contribution in [0.5, 0.6) is 5.75 Å². The Kier molecular flexibility index (Phi) is 3.44. The van der Waals surface area contributed by atoms with Crippen molar-refractivity contribution in [3.05, 3.63) is 72.5 Å². The highest BCUT2D eigenvalue weighted by Gasteiger charge is 2.36. The number of nitrogens with two attached hydrogens (primary N) is 1. The molecule has 0 saturated heterocycles. The van der Waals surface area contributed by atoms with Crippen molar-refractivity contribution in [1.82, 2.24) is 0 Å². The van der Waals surface area contributed by atoms with Crippen LogP contribution in [0.2, 0.25) is 0 Å². The molecule has 2 N–H and O–H groups in total. The van der Waals surface area contributed by atoms with Crippen LogP contribution in [0.25, 0.3) is 11.0 Å². The van der Waals surface area contributed by atoms with Gasteiger partial charge in [0.05, 0.1) is 20.7 Å². The van der Waals surface area contributed by atoms with Crippen LogP contribution in [0.15, 0.2) is 60.9 Å². The molecular weight excluding hydrogens is 392 g/mol. The molecule has 4 rings (SSSR count). The first-order chi connectivity index (χ1) is 11.6. The molecule has 0 bridgehead atoms. The molecule has 1 unspecified atom stereocenters. The average molecular weight is 401 g/mol. The second-order valence-corrected chi connectivity index (χ2v) is 7.69. The Hall–Kier alpha value is -2.56. The minimum absolute atomic E-state index is 0.00951. The molecule has 24 heavy (non-hydrogen) atoms. The summed E-state index contributed by atoms with van der Waals surface area (Å²) in [6, 6.07) is 12.9. The predicted octanol–water partition coefficient (Wildman–Crippen LogP) is 3.84. The van der Waals surface area contributed by atoms with Crippen LogP contribution in [0, 0.1) is 11.3 Å². The van der Waals surface area contributed by atoms with Gasteiger partial charge in [0.1, 0.15) is 17.2 Å². The molecule has 0 aliphatic carbocycles. The van der Waals surface area contributed by atoms with Crippen LogP contribution >= 0.6 is 27.3 Å². The van der Waals surface area contributed by atoms with Crippen molar-refractivity contribution in [2.75, 3.05) is 0 Å². The summed E-state index contributed by atoms with van der Waals surface area (Å²) in [7, 11) is 0. The number of hydrogen-bond acceptors (Lipinski definition) is 6. The Morgan fingerprint density at radius 3 is 2.75 bits per heavy atom. The highest BCUT2D eigenvalue weighted by atomic mass is 79.9. The van der Waals surface area contributed by atoms with Crippen molar-refractivity contribution < 1.29 is 9.15 Å². The zero-order chi connectivity index (χ0) is 16.8. The quantitative estimate of drug-likeness (QED) is 0.626.